The first-order chi connectivity index (χ1) is 6.22. The Bertz CT molecular complexity index is 268. The van der Waals surface area contributed by atoms with E-state index >= 15 is 0 Å². The van der Waals surface area contributed by atoms with Gasteiger partial charge in [-0.25, -0.2) is 0 Å². The fourth-order valence-corrected chi connectivity index (χ4v) is 1.21. The SMILES string of the molecule is CNCC(O)Nc1cccc(Cl)c1. The van der Waals surface area contributed by atoms with Gasteiger partial charge >= 0.3 is 0 Å². The minimum atomic E-state index is -0.594. The number of hydrogen-bond acceptors (Lipinski definition) is 3. The van der Waals surface area contributed by atoms with Gasteiger partial charge in [0.05, 0.1) is 0 Å². The average molecular weight is 201 g/mol. The number of benzene rings is 1. The largest absolute Gasteiger partial charge is 0.372 e. The highest BCUT2D eigenvalue weighted by atomic mass is 35.5. The maximum absolute atomic E-state index is 9.38. The van der Waals surface area contributed by atoms with E-state index < -0.39 is 6.23 Å². The molecule has 1 rings (SSSR count). The van der Waals surface area contributed by atoms with Gasteiger partial charge in [-0.2, -0.15) is 0 Å². The summed E-state index contributed by atoms with van der Waals surface area (Å²) in [6.07, 6.45) is -0.594. The van der Waals surface area contributed by atoms with Crippen LogP contribution in [0.4, 0.5) is 5.69 Å². The van der Waals surface area contributed by atoms with Crippen LogP contribution in [0.5, 0.6) is 0 Å². The predicted octanol–water partition coefficient (Wildman–Crippen LogP) is 1.29. The minimum absolute atomic E-state index is 0.493. The van der Waals surface area contributed by atoms with Gasteiger partial charge in [0, 0.05) is 17.3 Å². The summed E-state index contributed by atoms with van der Waals surface area (Å²) >= 11 is 5.77. The number of nitrogens with one attached hydrogen (secondary N) is 2. The van der Waals surface area contributed by atoms with E-state index in [1.54, 1.807) is 19.2 Å². The molecule has 0 aromatic heterocycles. The van der Waals surface area contributed by atoms with E-state index in [2.05, 4.69) is 10.6 Å². The molecular weight excluding hydrogens is 188 g/mol. The van der Waals surface area contributed by atoms with Gasteiger partial charge in [-0.05, 0) is 25.2 Å². The van der Waals surface area contributed by atoms with Crippen molar-refractivity contribution in [3.63, 3.8) is 0 Å². The third-order valence-corrected chi connectivity index (χ3v) is 1.79. The highest BCUT2D eigenvalue weighted by Crippen LogP contribution is 2.14. The maximum atomic E-state index is 9.38. The molecule has 72 valence electrons. The molecule has 0 aliphatic heterocycles. The molecule has 0 amide bonds. The van der Waals surface area contributed by atoms with Gasteiger partial charge in [0.15, 0.2) is 0 Å². The van der Waals surface area contributed by atoms with Gasteiger partial charge in [-0.1, -0.05) is 17.7 Å². The Morgan fingerprint density at radius 2 is 2.31 bits per heavy atom. The molecule has 0 saturated carbocycles. The molecule has 0 aliphatic carbocycles. The van der Waals surface area contributed by atoms with Crippen molar-refractivity contribution in [3.8, 4) is 0 Å². The molecule has 0 bridgehead atoms. The van der Waals surface area contributed by atoms with Gasteiger partial charge in [-0.3, -0.25) is 0 Å². The Hall–Kier alpha value is -0.770. The number of rotatable bonds is 4. The second-order valence-corrected chi connectivity index (χ2v) is 3.16. The normalized spacial score (nSPS) is 12.5. The molecule has 0 aliphatic rings. The standard InChI is InChI=1S/C9H13ClN2O/c1-11-6-9(13)12-8-4-2-3-7(10)5-8/h2-5,9,11-13H,6H2,1H3. The number of halogens is 1. The molecule has 0 radical (unpaired) electrons. The van der Waals surface area contributed by atoms with Crippen LogP contribution in [0.25, 0.3) is 0 Å². The first-order valence-electron chi connectivity index (χ1n) is 4.07. The van der Waals surface area contributed by atoms with E-state index in [0.29, 0.717) is 11.6 Å². The van der Waals surface area contributed by atoms with Gasteiger partial charge in [0.1, 0.15) is 6.23 Å². The summed E-state index contributed by atoms with van der Waals surface area (Å²) in [7, 11) is 1.78. The van der Waals surface area contributed by atoms with E-state index in [4.69, 9.17) is 11.6 Å². The molecule has 4 heteroatoms. The molecular formula is C9H13ClN2O. The summed E-state index contributed by atoms with van der Waals surface area (Å²) in [6.45, 7) is 0.493. The first-order valence-corrected chi connectivity index (χ1v) is 4.45. The van der Waals surface area contributed by atoms with Crippen LogP contribution >= 0.6 is 11.6 Å². The smallest absolute Gasteiger partial charge is 0.137 e. The van der Waals surface area contributed by atoms with Crippen molar-refractivity contribution in [1.82, 2.24) is 5.32 Å². The Morgan fingerprint density at radius 1 is 1.54 bits per heavy atom. The van der Waals surface area contributed by atoms with Gasteiger partial charge in [0.25, 0.3) is 0 Å². The summed E-state index contributed by atoms with van der Waals surface area (Å²) in [6, 6.07) is 7.24. The highest BCUT2D eigenvalue weighted by Gasteiger charge is 2.01. The van der Waals surface area contributed by atoms with Crippen LogP contribution in [0, 0.1) is 0 Å². The summed E-state index contributed by atoms with van der Waals surface area (Å²) in [5.41, 5.74) is 0.815. The number of likely N-dealkylation sites (N-methyl/N-ethyl adjacent to an activating group) is 1. The Morgan fingerprint density at radius 3 is 2.92 bits per heavy atom. The maximum Gasteiger partial charge on any atom is 0.137 e. The Labute approximate surface area is 82.7 Å². The highest BCUT2D eigenvalue weighted by molar-refractivity contribution is 6.30. The number of aliphatic hydroxyl groups excluding tert-OH is 1. The van der Waals surface area contributed by atoms with Crippen molar-refractivity contribution in [3.05, 3.63) is 29.3 Å². The van der Waals surface area contributed by atoms with Crippen molar-refractivity contribution in [2.45, 2.75) is 6.23 Å². The van der Waals surface area contributed by atoms with Crippen molar-refractivity contribution in [2.24, 2.45) is 0 Å². The van der Waals surface area contributed by atoms with Crippen molar-refractivity contribution < 1.29 is 5.11 Å². The third-order valence-electron chi connectivity index (χ3n) is 1.56. The average Bonchev–Trinajstić information content (AvgIpc) is 2.04. The first kappa shape index (κ1) is 10.3. The molecule has 1 unspecified atom stereocenters. The zero-order valence-electron chi connectivity index (χ0n) is 7.42. The van der Waals surface area contributed by atoms with Crippen LogP contribution in [-0.4, -0.2) is 24.9 Å². The number of aliphatic hydroxyl groups is 1. The lowest BCUT2D eigenvalue weighted by Crippen LogP contribution is -2.30. The van der Waals surface area contributed by atoms with Crippen LogP contribution < -0.4 is 10.6 Å². The fraction of sp³-hybridized carbons (Fsp3) is 0.333. The van der Waals surface area contributed by atoms with Crippen molar-refractivity contribution in [1.29, 1.82) is 0 Å². The van der Waals surface area contributed by atoms with Gasteiger partial charge in [-0.15, -0.1) is 0 Å². The van der Waals surface area contributed by atoms with Crippen LogP contribution in [0.15, 0.2) is 24.3 Å². The summed E-state index contributed by atoms with van der Waals surface area (Å²) in [4.78, 5) is 0. The quantitative estimate of drug-likeness (QED) is 0.642. The molecule has 0 saturated heterocycles. The number of anilines is 1. The summed E-state index contributed by atoms with van der Waals surface area (Å²) in [5.74, 6) is 0. The Kier molecular flexibility index (Phi) is 4.02. The van der Waals surface area contributed by atoms with Crippen LogP contribution in [-0.2, 0) is 0 Å². The molecule has 0 heterocycles. The van der Waals surface area contributed by atoms with E-state index in [0.717, 1.165) is 5.69 Å². The molecule has 0 fully saturated rings. The molecule has 1 aromatic carbocycles. The third kappa shape index (κ3) is 3.63. The lowest BCUT2D eigenvalue weighted by Gasteiger charge is -2.13. The molecule has 13 heavy (non-hydrogen) atoms. The monoisotopic (exact) mass is 200 g/mol. The summed E-state index contributed by atoms with van der Waals surface area (Å²) < 4.78 is 0. The van der Waals surface area contributed by atoms with Crippen LogP contribution in [0.2, 0.25) is 5.02 Å². The second-order valence-electron chi connectivity index (χ2n) is 2.73. The van der Waals surface area contributed by atoms with Gasteiger partial charge in [0.2, 0.25) is 0 Å². The van der Waals surface area contributed by atoms with Crippen molar-refractivity contribution >= 4 is 17.3 Å². The fourth-order valence-electron chi connectivity index (χ4n) is 1.02. The molecule has 0 spiro atoms. The van der Waals surface area contributed by atoms with Crippen LogP contribution in [0.3, 0.4) is 0 Å². The molecule has 1 aromatic rings. The van der Waals surface area contributed by atoms with E-state index in [1.807, 2.05) is 12.1 Å². The molecule has 3 nitrogen and oxygen atoms in total. The molecule has 3 N–H and O–H groups in total. The van der Waals surface area contributed by atoms with Crippen LogP contribution in [0.1, 0.15) is 0 Å². The van der Waals surface area contributed by atoms with E-state index in [1.165, 1.54) is 0 Å². The minimum Gasteiger partial charge on any atom is -0.372 e. The second kappa shape index (κ2) is 5.07. The summed E-state index contributed by atoms with van der Waals surface area (Å²) in [5, 5.41) is 15.8. The van der Waals surface area contributed by atoms with E-state index in [9.17, 15) is 5.11 Å². The lowest BCUT2D eigenvalue weighted by molar-refractivity contribution is 0.203. The zero-order valence-corrected chi connectivity index (χ0v) is 8.17. The molecule has 1 atom stereocenters. The zero-order chi connectivity index (χ0) is 9.68. The topological polar surface area (TPSA) is 44.3 Å². The Balaban J connectivity index is 2.53. The van der Waals surface area contributed by atoms with E-state index in [-0.39, 0.29) is 0 Å². The van der Waals surface area contributed by atoms with Gasteiger partial charge < -0.3 is 15.7 Å². The predicted molar refractivity (Wildman–Crippen MR) is 55.0 cm³/mol. The van der Waals surface area contributed by atoms with Crippen molar-refractivity contribution in [2.75, 3.05) is 18.9 Å². The number of hydrogen-bond donors (Lipinski definition) is 3. The lowest BCUT2D eigenvalue weighted by atomic mass is 10.3.